The molecule has 0 atom stereocenters. The summed E-state index contributed by atoms with van der Waals surface area (Å²) >= 11 is 0. The number of fused-ring (bicyclic) bond motifs is 1. The molecule has 1 fully saturated rings. The van der Waals surface area contributed by atoms with Crippen LogP contribution in [-0.4, -0.2) is 31.2 Å². The summed E-state index contributed by atoms with van der Waals surface area (Å²) < 4.78 is 7.56. The molecule has 1 saturated carbocycles. The summed E-state index contributed by atoms with van der Waals surface area (Å²) in [6.07, 6.45) is 7.27. The average Bonchev–Trinajstić information content (AvgIpc) is 3.14. The summed E-state index contributed by atoms with van der Waals surface area (Å²) in [6.45, 7) is 6.31. The van der Waals surface area contributed by atoms with E-state index in [-0.39, 0.29) is 11.4 Å². The van der Waals surface area contributed by atoms with Gasteiger partial charge in [0.1, 0.15) is 17.9 Å². The Morgan fingerprint density at radius 3 is 2.87 bits per heavy atom. The lowest BCUT2D eigenvalue weighted by Crippen LogP contribution is -2.24. The van der Waals surface area contributed by atoms with Gasteiger partial charge in [0, 0.05) is 23.8 Å². The Balaban J connectivity index is 1.37. The molecular weight excluding hydrogens is 392 g/mol. The van der Waals surface area contributed by atoms with Crippen LogP contribution in [0.4, 0.5) is 5.82 Å². The SMILES string of the molecule is Cc1cccc(-n2cc(CNC(=O)c3c(C)oc4ncnc(NC5(C)CC5)c34)cn2)c1. The van der Waals surface area contributed by atoms with E-state index in [1.807, 2.05) is 31.3 Å². The lowest BCUT2D eigenvalue weighted by Gasteiger charge is -2.13. The van der Waals surface area contributed by atoms with Gasteiger partial charge in [0.2, 0.25) is 5.71 Å². The number of benzene rings is 1. The quantitative estimate of drug-likeness (QED) is 0.494. The minimum atomic E-state index is -0.224. The average molecular weight is 416 g/mol. The molecule has 4 aromatic rings. The molecule has 8 nitrogen and oxygen atoms in total. The van der Waals surface area contributed by atoms with E-state index < -0.39 is 0 Å². The number of carbonyl (C=O) groups excluding carboxylic acids is 1. The van der Waals surface area contributed by atoms with Gasteiger partial charge in [0.05, 0.1) is 22.8 Å². The maximum Gasteiger partial charge on any atom is 0.255 e. The molecule has 0 radical (unpaired) electrons. The third kappa shape index (κ3) is 3.76. The molecule has 1 aliphatic rings. The molecule has 0 spiro atoms. The van der Waals surface area contributed by atoms with E-state index in [9.17, 15) is 4.79 Å². The molecule has 1 aromatic carbocycles. The molecule has 3 heterocycles. The van der Waals surface area contributed by atoms with Crippen molar-refractivity contribution in [3.05, 3.63) is 65.4 Å². The van der Waals surface area contributed by atoms with E-state index in [1.54, 1.807) is 17.8 Å². The van der Waals surface area contributed by atoms with Crippen LogP contribution in [0.15, 0.2) is 47.4 Å². The van der Waals surface area contributed by atoms with Crippen LogP contribution >= 0.6 is 0 Å². The van der Waals surface area contributed by atoms with Crippen LogP contribution in [-0.2, 0) is 6.54 Å². The second-order valence-corrected chi connectivity index (χ2v) is 8.44. The van der Waals surface area contributed by atoms with Crippen LogP contribution in [0.2, 0.25) is 0 Å². The van der Waals surface area contributed by atoms with Crippen LogP contribution in [0.1, 0.15) is 47.0 Å². The maximum atomic E-state index is 13.1. The molecular formula is C23H24N6O2. The Labute approximate surface area is 179 Å². The van der Waals surface area contributed by atoms with E-state index in [4.69, 9.17) is 4.42 Å². The summed E-state index contributed by atoms with van der Waals surface area (Å²) in [5, 5.41) is 11.5. The summed E-state index contributed by atoms with van der Waals surface area (Å²) in [7, 11) is 0. The number of furan rings is 1. The highest BCUT2D eigenvalue weighted by Gasteiger charge is 2.38. The smallest absolute Gasteiger partial charge is 0.255 e. The Kier molecular flexibility index (Phi) is 4.50. The molecule has 0 unspecified atom stereocenters. The second-order valence-electron chi connectivity index (χ2n) is 8.44. The summed E-state index contributed by atoms with van der Waals surface area (Å²) in [5.74, 6) is 0.935. The lowest BCUT2D eigenvalue weighted by atomic mass is 10.1. The number of carbonyl (C=O) groups is 1. The molecule has 8 heteroatoms. The van der Waals surface area contributed by atoms with Gasteiger partial charge in [-0.25, -0.2) is 14.6 Å². The first kappa shape index (κ1) is 19.3. The zero-order chi connectivity index (χ0) is 21.6. The summed E-state index contributed by atoms with van der Waals surface area (Å²) in [4.78, 5) is 21.7. The fourth-order valence-electron chi connectivity index (χ4n) is 3.64. The van der Waals surface area contributed by atoms with Gasteiger partial charge in [-0.15, -0.1) is 0 Å². The van der Waals surface area contributed by atoms with Crippen molar-refractivity contribution in [2.45, 2.75) is 45.7 Å². The van der Waals surface area contributed by atoms with Crippen molar-refractivity contribution in [2.24, 2.45) is 0 Å². The predicted octanol–water partition coefficient (Wildman–Crippen LogP) is 3.92. The first-order chi connectivity index (χ1) is 14.9. The first-order valence-corrected chi connectivity index (χ1v) is 10.3. The van der Waals surface area contributed by atoms with Crippen LogP contribution in [0.25, 0.3) is 16.8 Å². The number of amides is 1. The number of hydrogen-bond donors (Lipinski definition) is 2. The van der Waals surface area contributed by atoms with E-state index in [2.05, 4.69) is 38.7 Å². The normalized spacial score (nSPS) is 14.5. The van der Waals surface area contributed by atoms with Crippen molar-refractivity contribution in [3.8, 4) is 5.69 Å². The molecule has 5 rings (SSSR count). The fourth-order valence-corrected chi connectivity index (χ4v) is 3.64. The lowest BCUT2D eigenvalue weighted by molar-refractivity contribution is 0.0951. The molecule has 1 aliphatic carbocycles. The minimum absolute atomic E-state index is 0.0184. The van der Waals surface area contributed by atoms with Gasteiger partial charge in [0.15, 0.2) is 0 Å². The minimum Gasteiger partial charge on any atom is -0.442 e. The highest BCUT2D eigenvalue weighted by atomic mass is 16.3. The summed E-state index contributed by atoms with van der Waals surface area (Å²) in [6, 6.07) is 8.10. The monoisotopic (exact) mass is 416 g/mol. The van der Waals surface area contributed by atoms with Crippen molar-refractivity contribution >= 4 is 22.8 Å². The van der Waals surface area contributed by atoms with Gasteiger partial charge in [-0.3, -0.25) is 4.79 Å². The third-order valence-electron chi connectivity index (χ3n) is 5.67. The second kappa shape index (κ2) is 7.23. The predicted molar refractivity (Wildman–Crippen MR) is 117 cm³/mol. The fraction of sp³-hybridized carbons (Fsp3) is 0.304. The largest absolute Gasteiger partial charge is 0.442 e. The highest BCUT2D eigenvalue weighted by molar-refractivity contribution is 6.10. The molecule has 0 bridgehead atoms. The van der Waals surface area contributed by atoms with E-state index in [1.165, 1.54) is 6.33 Å². The molecule has 0 aliphatic heterocycles. The number of hydrogen-bond acceptors (Lipinski definition) is 6. The number of nitrogens with zero attached hydrogens (tertiary/aromatic N) is 4. The zero-order valence-electron chi connectivity index (χ0n) is 17.8. The van der Waals surface area contributed by atoms with Crippen LogP contribution in [0, 0.1) is 13.8 Å². The standard InChI is InChI=1S/C23H24N6O2/c1-14-5-4-6-17(9-14)29-12-16(11-27-29)10-24-21(30)18-15(2)31-22-19(18)20(25-13-26-22)28-23(3)7-8-23/h4-6,9,11-13H,7-8,10H2,1-3H3,(H,24,30)(H,25,26,28). The van der Waals surface area contributed by atoms with Gasteiger partial charge in [0.25, 0.3) is 5.91 Å². The van der Waals surface area contributed by atoms with E-state index in [0.29, 0.717) is 34.8 Å². The van der Waals surface area contributed by atoms with Gasteiger partial charge >= 0.3 is 0 Å². The van der Waals surface area contributed by atoms with Gasteiger partial charge in [-0.2, -0.15) is 5.10 Å². The Hall–Kier alpha value is -3.68. The number of rotatable bonds is 6. The van der Waals surface area contributed by atoms with Crippen LogP contribution in [0.3, 0.4) is 0 Å². The van der Waals surface area contributed by atoms with E-state index in [0.717, 1.165) is 29.7 Å². The molecule has 158 valence electrons. The number of nitrogens with one attached hydrogen (secondary N) is 2. The Bertz CT molecular complexity index is 1280. The Morgan fingerprint density at radius 2 is 2.10 bits per heavy atom. The van der Waals surface area contributed by atoms with Gasteiger partial charge in [-0.05, 0) is 51.3 Å². The van der Waals surface area contributed by atoms with Crippen LogP contribution in [0.5, 0.6) is 0 Å². The maximum absolute atomic E-state index is 13.1. The number of aryl methyl sites for hydroxylation is 2. The topological polar surface area (TPSA) is 97.9 Å². The van der Waals surface area contributed by atoms with E-state index >= 15 is 0 Å². The molecule has 3 aromatic heterocycles. The van der Waals surface area contributed by atoms with Crippen LogP contribution < -0.4 is 10.6 Å². The first-order valence-electron chi connectivity index (χ1n) is 10.3. The highest BCUT2D eigenvalue weighted by Crippen LogP contribution is 2.40. The molecule has 2 N–H and O–H groups in total. The van der Waals surface area contributed by atoms with Gasteiger partial charge < -0.3 is 15.1 Å². The molecule has 0 saturated heterocycles. The summed E-state index contributed by atoms with van der Waals surface area (Å²) in [5.41, 5.74) is 3.95. The van der Waals surface area contributed by atoms with Crippen molar-refractivity contribution in [1.82, 2.24) is 25.1 Å². The van der Waals surface area contributed by atoms with Gasteiger partial charge in [-0.1, -0.05) is 12.1 Å². The number of anilines is 1. The van der Waals surface area contributed by atoms with Crippen molar-refractivity contribution < 1.29 is 9.21 Å². The van der Waals surface area contributed by atoms with Crippen molar-refractivity contribution in [2.75, 3.05) is 5.32 Å². The van der Waals surface area contributed by atoms with Crippen molar-refractivity contribution in [3.63, 3.8) is 0 Å². The number of aromatic nitrogens is 4. The Morgan fingerprint density at radius 1 is 1.26 bits per heavy atom. The zero-order valence-corrected chi connectivity index (χ0v) is 17.8. The third-order valence-corrected chi connectivity index (χ3v) is 5.67. The molecule has 1 amide bonds. The molecule has 31 heavy (non-hydrogen) atoms. The van der Waals surface area contributed by atoms with Crippen molar-refractivity contribution in [1.29, 1.82) is 0 Å².